The van der Waals surface area contributed by atoms with E-state index in [0.717, 1.165) is 56.8 Å². The number of hydrogen-bond donors (Lipinski definition) is 1. The van der Waals surface area contributed by atoms with Crippen LogP contribution in [0.3, 0.4) is 0 Å². The van der Waals surface area contributed by atoms with Crippen LogP contribution < -0.4 is 15.2 Å². The second-order valence-electron chi connectivity index (χ2n) is 5.06. The highest BCUT2D eigenvalue weighted by molar-refractivity contribution is 5.62. The molecule has 0 aliphatic carbocycles. The molecule has 0 radical (unpaired) electrons. The molecule has 0 spiro atoms. The lowest BCUT2D eigenvalue weighted by Crippen LogP contribution is -2.07. The Labute approximate surface area is 108 Å². The van der Waals surface area contributed by atoms with Gasteiger partial charge in [-0.3, -0.25) is 0 Å². The SMILES string of the molecule is CCCc1c2c(c(CCN)c3c1OCC3)OCC2. The fourth-order valence-corrected chi connectivity index (χ4v) is 3.22. The Bertz CT molecular complexity index is 392. The molecular formula is C15H21NO2. The van der Waals surface area contributed by atoms with Crippen molar-refractivity contribution in [3.05, 3.63) is 22.3 Å². The van der Waals surface area contributed by atoms with Gasteiger partial charge in [0.05, 0.1) is 13.2 Å². The monoisotopic (exact) mass is 247 g/mol. The zero-order valence-corrected chi connectivity index (χ0v) is 11.1. The van der Waals surface area contributed by atoms with Crippen molar-refractivity contribution in [3.63, 3.8) is 0 Å². The molecular weight excluding hydrogens is 226 g/mol. The molecule has 1 aromatic carbocycles. The quantitative estimate of drug-likeness (QED) is 0.885. The van der Waals surface area contributed by atoms with E-state index in [1.54, 1.807) is 0 Å². The topological polar surface area (TPSA) is 44.5 Å². The third-order valence-electron chi connectivity index (χ3n) is 3.92. The normalized spacial score (nSPS) is 16.1. The lowest BCUT2D eigenvalue weighted by molar-refractivity contribution is 0.352. The molecule has 3 nitrogen and oxygen atoms in total. The highest BCUT2D eigenvalue weighted by atomic mass is 16.5. The maximum Gasteiger partial charge on any atom is 0.126 e. The third kappa shape index (κ3) is 1.69. The lowest BCUT2D eigenvalue weighted by Gasteiger charge is -2.17. The van der Waals surface area contributed by atoms with Crippen LogP contribution in [-0.2, 0) is 25.7 Å². The molecule has 3 rings (SSSR count). The van der Waals surface area contributed by atoms with Gasteiger partial charge in [0.2, 0.25) is 0 Å². The lowest BCUT2D eigenvalue weighted by atomic mass is 9.91. The van der Waals surface area contributed by atoms with Crippen molar-refractivity contribution in [2.75, 3.05) is 19.8 Å². The molecule has 2 aliphatic rings. The second-order valence-corrected chi connectivity index (χ2v) is 5.06. The summed E-state index contributed by atoms with van der Waals surface area (Å²) in [5.74, 6) is 2.29. The Morgan fingerprint density at radius 2 is 1.50 bits per heavy atom. The van der Waals surface area contributed by atoms with Crippen molar-refractivity contribution in [1.82, 2.24) is 0 Å². The predicted octanol–water partition coefficient (Wildman–Crippen LogP) is 2.01. The standard InChI is InChI=1S/C15H21NO2/c1-2-3-10-12-5-8-18-15(12)11(4-7-16)13-6-9-17-14(10)13/h2-9,16H2,1H3. The van der Waals surface area contributed by atoms with E-state index in [0.29, 0.717) is 6.54 Å². The smallest absolute Gasteiger partial charge is 0.126 e. The largest absolute Gasteiger partial charge is 0.493 e. The molecule has 0 bridgehead atoms. The average molecular weight is 247 g/mol. The van der Waals surface area contributed by atoms with Crippen LogP contribution >= 0.6 is 0 Å². The van der Waals surface area contributed by atoms with Crippen molar-refractivity contribution in [3.8, 4) is 11.5 Å². The molecule has 18 heavy (non-hydrogen) atoms. The molecule has 0 fully saturated rings. The number of benzene rings is 1. The van der Waals surface area contributed by atoms with E-state index < -0.39 is 0 Å². The van der Waals surface area contributed by atoms with Gasteiger partial charge < -0.3 is 15.2 Å². The van der Waals surface area contributed by atoms with E-state index in [-0.39, 0.29) is 0 Å². The van der Waals surface area contributed by atoms with Gasteiger partial charge in [-0.05, 0) is 19.4 Å². The Morgan fingerprint density at radius 1 is 0.944 bits per heavy atom. The summed E-state index contributed by atoms with van der Waals surface area (Å²) >= 11 is 0. The Kier molecular flexibility index (Phi) is 3.16. The summed E-state index contributed by atoms with van der Waals surface area (Å²) in [5.41, 5.74) is 11.2. The number of ether oxygens (including phenoxy) is 2. The number of nitrogens with two attached hydrogens (primary N) is 1. The first-order valence-electron chi connectivity index (χ1n) is 7.02. The first kappa shape index (κ1) is 11.8. The Morgan fingerprint density at radius 3 is 2.00 bits per heavy atom. The maximum atomic E-state index is 5.90. The molecule has 2 aliphatic heterocycles. The summed E-state index contributed by atoms with van der Waals surface area (Å²) in [4.78, 5) is 0. The summed E-state index contributed by atoms with van der Waals surface area (Å²) < 4.78 is 11.8. The highest BCUT2D eigenvalue weighted by Crippen LogP contribution is 2.45. The minimum atomic E-state index is 0.676. The van der Waals surface area contributed by atoms with Gasteiger partial charge in [-0.15, -0.1) is 0 Å². The van der Waals surface area contributed by atoms with Crippen molar-refractivity contribution in [1.29, 1.82) is 0 Å². The van der Waals surface area contributed by atoms with Gasteiger partial charge in [-0.25, -0.2) is 0 Å². The molecule has 0 aromatic heterocycles. The van der Waals surface area contributed by atoms with E-state index in [9.17, 15) is 0 Å². The molecule has 3 heteroatoms. The van der Waals surface area contributed by atoms with Crippen LogP contribution in [0.1, 0.15) is 35.6 Å². The van der Waals surface area contributed by atoms with Gasteiger partial charge in [0.25, 0.3) is 0 Å². The first-order valence-corrected chi connectivity index (χ1v) is 7.02. The fraction of sp³-hybridized carbons (Fsp3) is 0.600. The van der Waals surface area contributed by atoms with Gasteiger partial charge in [-0.1, -0.05) is 13.3 Å². The van der Waals surface area contributed by atoms with Gasteiger partial charge in [0, 0.05) is 35.1 Å². The van der Waals surface area contributed by atoms with Gasteiger partial charge >= 0.3 is 0 Å². The number of hydrogen-bond acceptors (Lipinski definition) is 3. The van der Waals surface area contributed by atoms with Crippen LogP contribution in [0.25, 0.3) is 0 Å². The van der Waals surface area contributed by atoms with Crippen molar-refractivity contribution >= 4 is 0 Å². The zero-order chi connectivity index (χ0) is 12.5. The van der Waals surface area contributed by atoms with Crippen molar-refractivity contribution < 1.29 is 9.47 Å². The highest BCUT2D eigenvalue weighted by Gasteiger charge is 2.30. The van der Waals surface area contributed by atoms with Crippen molar-refractivity contribution in [2.24, 2.45) is 5.73 Å². The zero-order valence-electron chi connectivity index (χ0n) is 11.1. The molecule has 98 valence electrons. The summed E-state index contributed by atoms with van der Waals surface area (Å²) in [6.07, 6.45) is 5.19. The molecule has 2 heterocycles. The van der Waals surface area contributed by atoms with Crippen molar-refractivity contribution in [2.45, 2.75) is 39.0 Å². The minimum absolute atomic E-state index is 0.676. The molecule has 0 unspecified atom stereocenters. The maximum absolute atomic E-state index is 5.90. The van der Waals surface area contributed by atoms with E-state index in [1.165, 1.54) is 22.3 Å². The van der Waals surface area contributed by atoms with Gasteiger partial charge in [0.1, 0.15) is 11.5 Å². The second kappa shape index (κ2) is 4.81. The van der Waals surface area contributed by atoms with E-state index in [1.807, 2.05) is 0 Å². The van der Waals surface area contributed by atoms with Crippen LogP contribution in [0.5, 0.6) is 11.5 Å². The molecule has 0 saturated carbocycles. The molecule has 1 aromatic rings. The summed E-state index contributed by atoms with van der Waals surface area (Å²) in [6, 6.07) is 0. The minimum Gasteiger partial charge on any atom is -0.493 e. The predicted molar refractivity (Wildman–Crippen MR) is 71.6 cm³/mol. The van der Waals surface area contributed by atoms with E-state index in [4.69, 9.17) is 15.2 Å². The number of fused-ring (bicyclic) bond motifs is 2. The van der Waals surface area contributed by atoms with E-state index in [2.05, 4.69) is 6.92 Å². The van der Waals surface area contributed by atoms with Crippen LogP contribution in [0.2, 0.25) is 0 Å². The van der Waals surface area contributed by atoms with Gasteiger partial charge in [-0.2, -0.15) is 0 Å². The molecule has 0 saturated heterocycles. The molecule has 2 N–H and O–H groups in total. The first-order chi connectivity index (χ1) is 8.86. The van der Waals surface area contributed by atoms with Crippen LogP contribution in [0.15, 0.2) is 0 Å². The van der Waals surface area contributed by atoms with E-state index >= 15 is 0 Å². The third-order valence-corrected chi connectivity index (χ3v) is 3.92. The van der Waals surface area contributed by atoms with Crippen LogP contribution in [0, 0.1) is 0 Å². The molecule has 0 atom stereocenters. The summed E-state index contributed by atoms with van der Waals surface area (Å²) in [5, 5.41) is 0. The number of rotatable bonds is 4. The average Bonchev–Trinajstić information content (AvgIpc) is 3.01. The molecule has 0 amide bonds. The van der Waals surface area contributed by atoms with Crippen LogP contribution in [-0.4, -0.2) is 19.8 Å². The summed E-state index contributed by atoms with van der Waals surface area (Å²) in [6.45, 7) is 4.52. The summed E-state index contributed by atoms with van der Waals surface area (Å²) in [7, 11) is 0. The van der Waals surface area contributed by atoms with Crippen LogP contribution in [0.4, 0.5) is 0 Å². The Balaban J connectivity index is 2.18. The fourth-order valence-electron chi connectivity index (χ4n) is 3.22. The van der Waals surface area contributed by atoms with Gasteiger partial charge in [0.15, 0.2) is 0 Å². The Hall–Kier alpha value is -1.22.